The zero-order valence-electron chi connectivity index (χ0n) is 13.9. The van der Waals surface area contributed by atoms with E-state index in [0.29, 0.717) is 29.4 Å². The Kier molecular flexibility index (Phi) is 5.33. The number of rotatable bonds is 8. The molecule has 0 radical (unpaired) electrons. The van der Waals surface area contributed by atoms with Crippen molar-refractivity contribution >= 4 is 11.9 Å². The largest absolute Gasteiger partial charge is 0.492 e. The Hall–Kier alpha value is -2.82. The molecule has 2 aromatic rings. The van der Waals surface area contributed by atoms with Gasteiger partial charge in [-0.05, 0) is 36.5 Å². The Balaban J connectivity index is 1.66. The number of benzene rings is 2. The Morgan fingerprint density at radius 2 is 1.76 bits per heavy atom. The summed E-state index contributed by atoms with van der Waals surface area (Å²) in [5.74, 6) is -0.952. The number of hydrogen-bond donors (Lipinski definition) is 2. The molecule has 0 aromatic heterocycles. The van der Waals surface area contributed by atoms with Gasteiger partial charge < -0.3 is 15.2 Å². The second-order valence-corrected chi connectivity index (χ2v) is 6.26. The predicted octanol–water partition coefficient (Wildman–Crippen LogP) is 3.07. The maximum Gasteiger partial charge on any atom is 0.312 e. The number of para-hydroxylation sites is 1. The number of carboxylic acids is 1. The molecule has 1 fully saturated rings. The first-order valence-corrected chi connectivity index (χ1v) is 8.43. The first-order valence-electron chi connectivity index (χ1n) is 8.43. The number of nitrogens with one attached hydrogen (secondary N) is 1. The molecule has 0 saturated heterocycles. The zero-order chi connectivity index (χ0) is 17.6. The molecule has 2 aromatic carbocycles. The fourth-order valence-corrected chi connectivity index (χ4v) is 2.60. The molecule has 1 aliphatic carbocycles. The monoisotopic (exact) mass is 339 g/mol. The van der Waals surface area contributed by atoms with Gasteiger partial charge in [0, 0.05) is 6.54 Å². The highest BCUT2D eigenvalue weighted by molar-refractivity contribution is 5.97. The van der Waals surface area contributed by atoms with Gasteiger partial charge >= 0.3 is 5.97 Å². The number of aliphatic carboxylic acids is 1. The van der Waals surface area contributed by atoms with Crippen molar-refractivity contribution in [3.8, 4) is 5.75 Å². The predicted molar refractivity (Wildman–Crippen MR) is 93.8 cm³/mol. The SMILES string of the molecule is O=C(NCC(C(=O)O)c1ccccc1)c1ccccc1OCC1CC1. The maximum atomic E-state index is 12.5. The van der Waals surface area contributed by atoms with Gasteiger partial charge in [-0.2, -0.15) is 0 Å². The van der Waals surface area contributed by atoms with Gasteiger partial charge in [-0.25, -0.2) is 0 Å². The lowest BCUT2D eigenvalue weighted by atomic mass is 9.99. The summed E-state index contributed by atoms with van der Waals surface area (Å²) < 4.78 is 5.74. The van der Waals surface area contributed by atoms with Crippen LogP contribution in [0.4, 0.5) is 0 Å². The number of carbonyl (C=O) groups excluding carboxylic acids is 1. The number of carboxylic acid groups (broad SMARTS) is 1. The summed E-state index contributed by atoms with van der Waals surface area (Å²) in [6.07, 6.45) is 2.34. The van der Waals surface area contributed by atoms with Gasteiger partial charge in [0.25, 0.3) is 5.91 Å². The van der Waals surface area contributed by atoms with Gasteiger partial charge in [0.15, 0.2) is 0 Å². The summed E-state index contributed by atoms with van der Waals surface area (Å²) in [6, 6.07) is 15.9. The molecule has 130 valence electrons. The second-order valence-electron chi connectivity index (χ2n) is 6.26. The van der Waals surface area contributed by atoms with E-state index in [0.717, 1.165) is 0 Å². The fraction of sp³-hybridized carbons (Fsp3) is 0.300. The smallest absolute Gasteiger partial charge is 0.312 e. The number of hydrogen-bond acceptors (Lipinski definition) is 3. The van der Waals surface area contributed by atoms with Gasteiger partial charge in [0.1, 0.15) is 5.75 Å². The highest BCUT2D eigenvalue weighted by Gasteiger charge is 2.24. The third-order valence-electron chi connectivity index (χ3n) is 4.27. The number of amides is 1. The van der Waals surface area contributed by atoms with Crippen molar-refractivity contribution in [3.63, 3.8) is 0 Å². The molecule has 1 amide bonds. The molecular formula is C20H21NO4. The third-order valence-corrected chi connectivity index (χ3v) is 4.27. The van der Waals surface area contributed by atoms with Crippen molar-refractivity contribution in [2.45, 2.75) is 18.8 Å². The molecule has 1 atom stereocenters. The first-order chi connectivity index (χ1) is 12.1. The molecule has 0 spiro atoms. The molecule has 3 rings (SSSR count). The van der Waals surface area contributed by atoms with Gasteiger partial charge in [-0.15, -0.1) is 0 Å². The number of ether oxygens (including phenoxy) is 1. The summed E-state index contributed by atoms with van der Waals surface area (Å²) in [5.41, 5.74) is 1.09. The lowest BCUT2D eigenvalue weighted by Gasteiger charge is -2.15. The topological polar surface area (TPSA) is 75.6 Å². The van der Waals surface area contributed by atoms with Crippen LogP contribution in [0.5, 0.6) is 5.75 Å². The molecule has 1 unspecified atom stereocenters. The molecular weight excluding hydrogens is 318 g/mol. The minimum absolute atomic E-state index is 0.0230. The fourth-order valence-electron chi connectivity index (χ4n) is 2.60. The average Bonchev–Trinajstić information content (AvgIpc) is 3.45. The van der Waals surface area contributed by atoms with Crippen molar-refractivity contribution in [1.82, 2.24) is 5.32 Å². The summed E-state index contributed by atoms with van der Waals surface area (Å²) in [4.78, 5) is 24.0. The van der Waals surface area contributed by atoms with Crippen LogP contribution in [0.1, 0.15) is 34.7 Å². The molecule has 1 saturated carbocycles. The van der Waals surface area contributed by atoms with Gasteiger partial charge in [0.05, 0.1) is 18.1 Å². The van der Waals surface area contributed by atoms with E-state index >= 15 is 0 Å². The average molecular weight is 339 g/mol. The van der Waals surface area contributed by atoms with Gasteiger partial charge in [-0.3, -0.25) is 9.59 Å². The maximum absolute atomic E-state index is 12.5. The molecule has 1 aliphatic rings. The molecule has 0 bridgehead atoms. The van der Waals surface area contributed by atoms with Crippen LogP contribution < -0.4 is 10.1 Å². The second kappa shape index (κ2) is 7.83. The normalized spacial score (nSPS) is 14.6. The van der Waals surface area contributed by atoms with Crippen LogP contribution in [0.15, 0.2) is 54.6 Å². The third kappa shape index (κ3) is 4.59. The van der Waals surface area contributed by atoms with Crippen LogP contribution in [0.2, 0.25) is 0 Å². The highest BCUT2D eigenvalue weighted by atomic mass is 16.5. The Labute approximate surface area is 146 Å². The van der Waals surface area contributed by atoms with Crippen LogP contribution >= 0.6 is 0 Å². The van der Waals surface area contributed by atoms with E-state index in [2.05, 4.69) is 5.32 Å². The lowest BCUT2D eigenvalue weighted by molar-refractivity contribution is -0.138. The number of carbonyl (C=O) groups is 2. The zero-order valence-corrected chi connectivity index (χ0v) is 13.9. The standard InChI is InChI=1S/C20H21NO4/c22-19(16-8-4-5-9-18(16)25-13-14-10-11-14)21-12-17(20(23)24)15-6-2-1-3-7-15/h1-9,14,17H,10-13H2,(H,21,22)(H,23,24). The van der Waals surface area contributed by atoms with Gasteiger partial charge in [-0.1, -0.05) is 42.5 Å². The molecule has 5 nitrogen and oxygen atoms in total. The van der Waals surface area contributed by atoms with Gasteiger partial charge in [0.2, 0.25) is 0 Å². The van der Waals surface area contributed by atoms with Crippen molar-refractivity contribution in [3.05, 3.63) is 65.7 Å². The Morgan fingerprint density at radius 3 is 2.44 bits per heavy atom. The van der Waals surface area contributed by atoms with Crippen LogP contribution in [0.3, 0.4) is 0 Å². The highest BCUT2D eigenvalue weighted by Crippen LogP contribution is 2.30. The molecule has 5 heteroatoms. The van der Waals surface area contributed by atoms with E-state index in [1.54, 1.807) is 42.5 Å². The van der Waals surface area contributed by atoms with Crippen LogP contribution in [-0.2, 0) is 4.79 Å². The van der Waals surface area contributed by atoms with E-state index in [-0.39, 0.29) is 12.5 Å². The summed E-state index contributed by atoms with van der Waals surface area (Å²) in [5, 5.41) is 12.2. The molecule has 0 aliphatic heterocycles. The van der Waals surface area contributed by atoms with E-state index in [1.165, 1.54) is 12.8 Å². The molecule has 2 N–H and O–H groups in total. The Morgan fingerprint density at radius 1 is 1.08 bits per heavy atom. The van der Waals surface area contributed by atoms with Crippen molar-refractivity contribution in [2.75, 3.05) is 13.2 Å². The summed E-state index contributed by atoms with van der Waals surface area (Å²) in [7, 11) is 0. The summed E-state index contributed by atoms with van der Waals surface area (Å²) >= 11 is 0. The summed E-state index contributed by atoms with van der Waals surface area (Å²) in [6.45, 7) is 0.640. The van der Waals surface area contributed by atoms with Crippen LogP contribution in [0, 0.1) is 5.92 Å². The van der Waals surface area contributed by atoms with E-state index < -0.39 is 11.9 Å². The minimum atomic E-state index is -0.968. The van der Waals surface area contributed by atoms with E-state index in [4.69, 9.17) is 4.74 Å². The van der Waals surface area contributed by atoms with Crippen molar-refractivity contribution < 1.29 is 19.4 Å². The quantitative estimate of drug-likeness (QED) is 0.775. The van der Waals surface area contributed by atoms with E-state index in [1.807, 2.05) is 12.1 Å². The Bertz CT molecular complexity index is 740. The van der Waals surface area contributed by atoms with Crippen LogP contribution in [0.25, 0.3) is 0 Å². The lowest BCUT2D eigenvalue weighted by Crippen LogP contribution is -2.32. The van der Waals surface area contributed by atoms with Crippen molar-refractivity contribution in [2.24, 2.45) is 5.92 Å². The van der Waals surface area contributed by atoms with E-state index in [9.17, 15) is 14.7 Å². The molecule has 25 heavy (non-hydrogen) atoms. The molecule has 0 heterocycles. The van der Waals surface area contributed by atoms with Crippen LogP contribution in [-0.4, -0.2) is 30.1 Å². The first kappa shape index (κ1) is 17.0. The minimum Gasteiger partial charge on any atom is -0.492 e. The van der Waals surface area contributed by atoms with Crippen molar-refractivity contribution in [1.29, 1.82) is 0 Å².